The van der Waals surface area contributed by atoms with Gasteiger partial charge in [-0.25, -0.2) is 5.48 Å². The number of nitrogens with zero attached hydrogens (tertiary/aromatic N) is 1. The molecule has 0 aromatic heterocycles. The van der Waals surface area contributed by atoms with E-state index < -0.39 is 5.91 Å². The molecule has 24 heavy (non-hydrogen) atoms. The number of nitrogens with one attached hydrogen (secondary N) is 2. The SMILES string of the molecule is O=C1CC(N(c2ccc(C(=O)NO)cc2)c2cccc(Cl)c2)CN1. The summed E-state index contributed by atoms with van der Waals surface area (Å²) in [6, 6.07) is 14.1. The topological polar surface area (TPSA) is 81.7 Å². The molecule has 7 heteroatoms. The maximum atomic E-state index is 11.6. The number of halogens is 1. The smallest absolute Gasteiger partial charge is 0.274 e. The van der Waals surface area contributed by atoms with E-state index in [4.69, 9.17) is 16.8 Å². The third-order valence-corrected chi connectivity index (χ3v) is 4.15. The number of benzene rings is 2. The first-order valence-corrected chi connectivity index (χ1v) is 7.82. The van der Waals surface area contributed by atoms with Crippen LogP contribution in [0.5, 0.6) is 0 Å². The summed E-state index contributed by atoms with van der Waals surface area (Å²) in [5.74, 6) is -0.572. The van der Waals surface area contributed by atoms with Crippen molar-refractivity contribution in [2.24, 2.45) is 0 Å². The number of rotatable bonds is 4. The standard InChI is InChI=1S/C17H16ClN3O3/c18-12-2-1-3-14(8-12)21(15-9-16(22)19-10-15)13-6-4-11(5-7-13)17(23)20-24/h1-8,15,24H,9-10H2,(H,19,22)(H,20,23). The third-order valence-electron chi connectivity index (χ3n) is 3.92. The van der Waals surface area contributed by atoms with Crippen molar-refractivity contribution < 1.29 is 14.8 Å². The molecular formula is C17H16ClN3O3. The molecule has 3 N–H and O–H groups in total. The molecule has 2 aromatic rings. The van der Waals surface area contributed by atoms with Crippen LogP contribution in [0.4, 0.5) is 11.4 Å². The molecule has 6 nitrogen and oxygen atoms in total. The Bertz CT molecular complexity index is 764. The molecule has 1 saturated heterocycles. The van der Waals surface area contributed by atoms with Crippen molar-refractivity contribution in [1.29, 1.82) is 0 Å². The van der Waals surface area contributed by atoms with Crippen LogP contribution in [0.2, 0.25) is 5.02 Å². The van der Waals surface area contributed by atoms with Crippen molar-refractivity contribution >= 4 is 34.8 Å². The van der Waals surface area contributed by atoms with Gasteiger partial charge in [0.05, 0.1) is 6.04 Å². The van der Waals surface area contributed by atoms with Crippen LogP contribution in [0.3, 0.4) is 0 Å². The summed E-state index contributed by atoms with van der Waals surface area (Å²) < 4.78 is 0. The molecular weight excluding hydrogens is 330 g/mol. The Morgan fingerprint density at radius 3 is 2.54 bits per heavy atom. The molecule has 0 bridgehead atoms. The fourth-order valence-electron chi connectivity index (χ4n) is 2.81. The number of anilines is 2. The zero-order valence-electron chi connectivity index (χ0n) is 12.7. The molecule has 1 fully saturated rings. The molecule has 0 spiro atoms. The van der Waals surface area contributed by atoms with E-state index in [1.165, 1.54) is 0 Å². The maximum absolute atomic E-state index is 11.6. The van der Waals surface area contributed by atoms with E-state index in [1.807, 2.05) is 23.1 Å². The Morgan fingerprint density at radius 2 is 1.96 bits per heavy atom. The molecule has 0 saturated carbocycles. The zero-order chi connectivity index (χ0) is 17.1. The van der Waals surface area contributed by atoms with Gasteiger partial charge in [-0.2, -0.15) is 0 Å². The van der Waals surface area contributed by atoms with Crippen LogP contribution in [-0.2, 0) is 4.79 Å². The molecule has 1 aliphatic rings. The number of hydroxylamine groups is 1. The van der Waals surface area contributed by atoms with E-state index in [0.717, 1.165) is 11.4 Å². The van der Waals surface area contributed by atoms with Crippen molar-refractivity contribution in [2.75, 3.05) is 11.4 Å². The van der Waals surface area contributed by atoms with Crippen LogP contribution in [0, 0.1) is 0 Å². The van der Waals surface area contributed by atoms with Gasteiger partial charge in [0, 0.05) is 34.9 Å². The van der Waals surface area contributed by atoms with Gasteiger partial charge in [-0.15, -0.1) is 0 Å². The Morgan fingerprint density at radius 1 is 1.21 bits per heavy atom. The van der Waals surface area contributed by atoms with Crippen LogP contribution in [-0.4, -0.2) is 29.6 Å². The monoisotopic (exact) mass is 345 g/mol. The number of amides is 2. The van der Waals surface area contributed by atoms with Crippen LogP contribution < -0.4 is 15.7 Å². The van der Waals surface area contributed by atoms with Crippen molar-refractivity contribution in [3.63, 3.8) is 0 Å². The number of hydrogen-bond acceptors (Lipinski definition) is 4. The highest BCUT2D eigenvalue weighted by atomic mass is 35.5. The van der Waals surface area contributed by atoms with Crippen molar-refractivity contribution in [3.8, 4) is 0 Å². The molecule has 0 radical (unpaired) electrons. The van der Waals surface area contributed by atoms with E-state index in [1.54, 1.807) is 35.8 Å². The van der Waals surface area contributed by atoms with Crippen LogP contribution in [0.15, 0.2) is 48.5 Å². The van der Waals surface area contributed by atoms with E-state index in [9.17, 15) is 9.59 Å². The van der Waals surface area contributed by atoms with E-state index in [2.05, 4.69) is 5.32 Å². The summed E-state index contributed by atoms with van der Waals surface area (Å²) in [6.07, 6.45) is 0.380. The third kappa shape index (κ3) is 3.34. The van der Waals surface area contributed by atoms with Gasteiger partial charge < -0.3 is 10.2 Å². The Labute approximate surface area is 144 Å². The molecule has 1 aliphatic heterocycles. The van der Waals surface area contributed by atoms with E-state index in [0.29, 0.717) is 23.6 Å². The fraction of sp³-hybridized carbons (Fsp3) is 0.176. The summed E-state index contributed by atoms with van der Waals surface area (Å²) in [5, 5.41) is 12.1. The molecule has 1 atom stereocenters. The first-order chi connectivity index (χ1) is 11.6. The Kier molecular flexibility index (Phi) is 4.69. The second kappa shape index (κ2) is 6.90. The van der Waals surface area contributed by atoms with E-state index >= 15 is 0 Å². The number of carbonyl (C=O) groups excluding carboxylic acids is 2. The summed E-state index contributed by atoms with van der Waals surface area (Å²) >= 11 is 6.11. The lowest BCUT2D eigenvalue weighted by Gasteiger charge is -2.30. The van der Waals surface area contributed by atoms with Gasteiger partial charge in [0.1, 0.15) is 0 Å². The molecule has 2 amide bonds. The molecule has 1 unspecified atom stereocenters. The van der Waals surface area contributed by atoms with Crippen LogP contribution in [0.25, 0.3) is 0 Å². The van der Waals surface area contributed by atoms with Gasteiger partial charge >= 0.3 is 0 Å². The highest BCUT2D eigenvalue weighted by Gasteiger charge is 2.29. The lowest BCUT2D eigenvalue weighted by Crippen LogP contribution is -2.33. The minimum atomic E-state index is -0.575. The molecule has 1 heterocycles. The molecule has 124 valence electrons. The second-order valence-corrected chi connectivity index (χ2v) is 5.94. The summed E-state index contributed by atoms with van der Waals surface area (Å²) in [7, 11) is 0. The zero-order valence-corrected chi connectivity index (χ0v) is 13.5. The predicted molar refractivity (Wildman–Crippen MR) is 90.7 cm³/mol. The Balaban J connectivity index is 1.98. The Hall–Kier alpha value is -2.57. The fourth-order valence-corrected chi connectivity index (χ4v) is 2.99. The van der Waals surface area contributed by atoms with Crippen LogP contribution in [0.1, 0.15) is 16.8 Å². The highest BCUT2D eigenvalue weighted by Crippen LogP contribution is 2.32. The maximum Gasteiger partial charge on any atom is 0.274 e. The highest BCUT2D eigenvalue weighted by molar-refractivity contribution is 6.30. The van der Waals surface area contributed by atoms with Gasteiger partial charge in [-0.05, 0) is 42.5 Å². The summed E-state index contributed by atoms with van der Waals surface area (Å²) in [4.78, 5) is 25.1. The molecule has 2 aromatic carbocycles. The van der Waals surface area contributed by atoms with Crippen molar-refractivity contribution in [1.82, 2.24) is 10.8 Å². The minimum Gasteiger partial charge on any atom is -0.354 e. The normalized spacial score (nSPS) is 16.6. The van der Waals surface area contributed by atoms with Gasteiger partial charge in [0.25, 0.3) is 5.91 Å². The quantitative estimate of drug-likeness (QED) is 0.587. The summed E-state index contributed by atoms with van der Waals surface area (Å²) in [5.41, 5.74) is 3.64. The van der Waals surface area contributed by atoms with Gasteiger partial charge in [-0.1, -0.05) is 17.7 Å². The van der Waals surface area contributed by atoms with E-state index in [-0.39, 0.29) is 11.9 Å². The van der Waals surface area contributed by atoms with Crippen molar-refractivity contribution in [3.05, 3.63) is 59.1 Å². The predicted octanol–water partition coefficient (Wildman–Crippen LogP) is 2.49. The first-order valence-electron chi connectivity index (χ1n) is 7.44. The average Bonchev–Trinajstić information content (AvgIpc) is 3.01. The van der Waals surface area contributed by atoms with Gasteiger partial charge in [-0.3, -0.25) is 14.8 Å². The summed E-state index contributed by atoms with van der Waals surface area (Å²) in [6.45, 7) is 0.532. The average molecular weight is 346 g/mol. The first kappa shape index (κ1) is 16.3. The lowest BCUT2D eigenvalue weighted by atomic mass is 10.1. The number of carbonyl (C=O) groups is 2. The van der Waals surface area contributed by atoms with Crippen LogP contribution >= 0.6 is 11.6 Å². The van der Waals surface area contributed by atoms with Gasteiger partial charge in [0.2, 0.25) is 5.91 Å². The minimum absolute atomic E-state index is 0.00306. The van der Waals surface area contributed by atoms with Gasteiger partial charge in [0.15, 0.2) is 0 Å². The largest absolute Gasteiger partial charge is 0.354 e. The number of hydrogen-bond donors (Lipinski definition) is 3. The molecule has 3 rings (SSSR count). The molecule has 0 aliphatic carbocycles. The van der Waals surface area contributed by atoms with Crippen molar-refractivity contribution in [2.45, 2.75) is 12.5 Å². The lowest BCUT2D eigenvalue weighted by molar-refractivity contribution is -0.119. The second-order valence-electron chi connectivity index (χ2n) is 5.50.